The maximum atomic E-state index is 14.2. The lowest BCUT2D eigenvalue weighted by Crippen LogP contribution is -2.53. The van der Waals surface area contributed by atoms with E-state index in [2.05, 4.69) is 5.32 Å². The summed E-state index contributed by atoms with van der Waals surface area (Å²) in [6.45, 7) is 3.21. The van der Waals surface area contributed by atoms with Gasteiger partial charge in [-0.3, -0.25) is 13.9 Å². The average molecular weight is 642 g/mol. The van der Waals surface area contributed by atoms with Gasteiger partial charge >= 0.3 is 0 Å². The van der Waals surface area contributed by atoms with Crippen LogP contribution >= 0.6 is 11.6 Å². The molecule has 9 nitrogen and oxygen atoms in total. The van der Waals surface area contributed by atoms with Gasteiger partial charge in [0.2, 0.25) is 11.8 Å². The number of amides is 2. The van der Waals surface area contributed by atoms with Crippen molar-refractivity contribution in [2.75, 3.05) is 25.1 Å². The van der Waals surface area contributed by atoms with Gasteiger partial charge in [0.25, 0.3) is 10.0 Å². The third-order valence-electron chi connectivity index (χ3n) is 7.89. The molecule has 1 fully saturated rings. The van der Waals surface area contributed by atoms with Gasteiger partial charge in [-0.25, -0.2) is 8.42 Å². The monoisotopic (exact) mass is 641 g/mol. The van der Waals surface area contributed by atoms with Crippen LogP contribution in [0.5, 0.6) is 11.5 Å². The van der Waals surface area contributed by atoms with Crippen molar-refractivity contribution in [3.8, 4) is 11.5 Å². The number of nitrogens with one attached hydrogen (secondary N) is 1. The number of carbonyl (C=O) groups is 2. The molecule has 4 rings (SSSR count). The lowest BCUT2D eigenvalue weighted by Gasteiger charge is -2.33. The average Bonchev–Trinajstić information content (AvgIpc) is 3.02. The van der Waals surface area contributed by atoms with Crippen LogP contribution < -0.4 is 19.1 Å². The molecule has 44 heavy (non-hydrogen) atoms. The molecule has 11 heteroatoms. The first kappa shape index (κ1) is 33.1. The summed E-state index contributed by atoms with van der Waals surface area (Å²) in [6.07, 6.45) is 5.05. The number of hydrogen-bond acceptors (Lipinski definition) is 6. The second-order valence-corrected chi connectivity index (χ2v) is 13.3. The van der Waals surface area contributed by atoms with Crippen LogP contribution in [-0.2, 0) is 26.2 Å². The van der Waals surface area contributed by atoms with Crippen LogP contribution in [0.1, 0.15) is 50.2 Å². The summed E-state index contributed by atoms with van der Waals surface area (Å²) >= 11 is 6.12. The molecule has 0 spiro atoms. The highest BCUT2D eigenvalue weighted by Crippen LogP contribution is 2.33. The van der Waals surface area contributed by atoms with E-state index in [1.54, 1.807) is 19.1 Å². The highest BCUT2D eigenvalue weighted by molar-refractivity contribution is 7.92. The first-order valence-electron chi connectivity index (χ1n) is 14.7. The Hall–Kier alpha value is -3.76. The Morgan fingerprint density at radius 3 is 2.27 bits per heavy atom. The number of anilines is 1. The number of sulfonamides is 1. The molecule has 236 valence electrons. The highest BCUT2D eigenvalue weighted by Gasteiger charge is 2.33. The molecule has 0 unspecified atom stereocenters. The van der Waals surface area contributed by atoms with Crippen LogP contribution in [0.25, 0.3) is 0 Å². The molecular formula is C33H40ClN3O6S. The van der Waals surface area contributed by atoms with Gasteiger partial charge in [0.05, 0.1) is 24.8 Å². The van der Waals surface area contributed by atoms with Gasteiger partial charge in [-0.05, 0) is 68.7 Å². The summed E-state index contributed by atoms with van der Waals surface area (Å²) in [7, 11) is -1.42. The molecule has 1 aliphatic rings. The molecule has 3 aromatic rings. The molecule has 2 amide bonds. The Morgan fingerprint density at radius 2 is 1.64 bits per heavy atom. The number of halogens is 1. The molecule has 0 saturated heterocycles. The van der Waals surface area contributed by atoms with Crippen molar-refractivity contribution in [1.82, 2.24) is 10.2 Å². The summed E-state index contributed by atoms with van der Waals surface area (Å²) in [5.74, 6) is -0.205. The fourth-order valence-electron chi connectivity index (χ4n) is 5.40. The number of ether oxygens (including phenoxy) is 2. The zero-order valence-electron chi connectivity index (χ0n) is 25.6. The predicted molar refractivity (Wildman–Crippen MR) is 172 cm³/mol. The van der Waals surface area contributed by atoms with Crippen molar-refractivity contribution < 1.29 is 27.5 Å². The number of hydrogen-bond donors (Lipinski definition) is 1. The van der Waals surface area contributed by atoms with Gasteiger partial charge in [0, 0.05) is 23.7 Å². The first-order chi connectivity index (χ1) is 21.0. The normalized spacial score (nSPS) is 14.4. The number of methoxy groups -OCH3 is 2. The fourth-order valence-corrected chi connectivity index (χ4v) is 6.95. The largest absolute Gasteiger partial charge is 0.493 e. The number of nitrogens with zero attached hydrogens (tertiary/aromatic N) is 2. The fraction of sp³-hybridized carbons (Fsp3) is 0.394. The second-order valence-electron chi connectivity index (χ2n) is 11.0. The van der Waals surface area contributed by atoms with Crippen molar-refractivity contribution in [2.24, 2.45) is 0 Å². The van der Waals surface area contributed by atoms with E-state index in [-0.39, 0.29) is 34.8 Å². The molecule has 0 radical (unpaired) electrons. The van der Waals surface area contributed by atoms with Crippen LogP contribution in [0, 0.1) is 6.92 Å². The standard InChI is InChI=1S/C33H40ClN3O6S/c1-23-9-8-10-25(19-23)21-36(24(2)33(39)35-27-11-6-5-7-12-27)32(38)22-37(28-15-13-26(34)14-16-28)44(40,41)29-17-18-30(42-3)31(20-29)43-4/h8-10,13-20,24,27H,5-7,11-12,21-22H2,1-4H3,(H,35,39)/t24-/m1/s1. The quantitative estimate of drug-likeness (QED) is 0.271. The van der Waals surface area contributed by atoms with Crippen LogP contribution in [-0.4, -0.2) is 58.0 Å². The minimum atomic E-state index is -4.29. The molecule has 0 aliphatic heterocycles. The van der Waals surface area contributed by atoms with Crippen molar-refractivity contribution in [3.63, 3.8) is 0 Å². The number of carbonyl (C=O) groups excluding carboxylic acids is 2. The summed E-state index contributed by atoms with van der Waals surface area (Å²) in [4.78, 5) is 29.0. The van der Waals surface area contributed by atoms with E-state index in [1.807, 2.05) is 31.2 Å². The topological polar surface area (TPSA) is 105 Å². The van der Waals surface area contributed by atoms with Crippen LogP contribution in [0.15, 0.2) is 71.6 Å². The van der Waals surface area contributed by atoms with Gasteiger partial charge in [-0.2, -0.15) is 0 Å². The van der Waals surface area contributed by atoms with Gasteiger partial charge in [0.1, 0.15) is 12.6 Å². The Balaban J connectivity index is 1.70. The predicted octanol–water partition coefficient (Wildman–Crippen LogP) is 5.73. The van der Waals surface area contributed by atoms with Crippen molar-refractivity contribution in [3.05, 3.63) is 82.9 Å². The molecule has 1 aliphatic carbocycles. The Labute approximate surface area is 265 Å². The van der Waals surface area contributed by atoms with E-state index in [0.717, 1.165) is 47.5 Å². The van der Waals surface area contributed by atoms with E-state index < -0.39 is 28.5 Å². The minimum absolute atomic E-state index is 0.0608. The molecule has 1 atom stereocenters. The van der Waals surface area contributed by atoms with Gasteiger partial charge < -0.3 is 19.7 Å². The summed E-state index contributed by atoms with van der Waals surface area (Å²) in [5, 5.41) is 3.53. The molecule has 0 aromatic heterocycles. The first-order valence-corrected chi connectivity index (χ1v) is 16.5. The Morgan fingerprint density at radius 1 is 0.955 bits per heavy atom. The number of rotatable bonds is 12. The highest BCUT2D eigenvalue weighted by atomic mass is 35.5. The van der Waals surface area contributed by atoms with Gasteiger partial charge in [-0.15, -0.1) is 0 Å². The lowest BCUT2D eigenvalue weighted by atomic mass is 9.95. The Kier molecular flexibility index (Phi) is 11.2. The molecule has 1 saturated carbocycles. The SMILES string of the molecule is COc1ccc(S(=O)(=O)N(CC(=O)N(Cc2cccc(C)c2)[C@H](C)C(=O)NC2CCCCC2)c2ccc(Cl)cc2)cc1OC. The Bertz CT molecular complexity index is 1560. The zero-order chi connectivity index (χ0) is 31.9. The zero-order valence-corrected chi connectivity index (χ0v) is 27.2. The third-order valence-corrected chi connectivity index (χ3v) is 9.91. The summed E-state index contributed by atoms with van der Waals surface area (Å²) < 4.78 is 40.0. The van der Waals surface area contributed by atoms with Crippen molar-refractivity contribution >= 4 is 39.1 Å². The summed E-state index contributed by atoms with van der Waals surface area (Å²) in [6, 6.07) is 17.3. The smallest absolute Gasteiger partial charge is 0.264 e. The maximum absolute atomic E-state index is 14.2. The molecule has 0 heterocycles. The van der Waals surface area contributed by atoms with E-state index in [4.69, 9.17) is 21.1 Å². The second kappa shape index (κ2) is 14.8. The molecular weight excluding hydrogens is 602 g/mol. The van der Waals surface area contributed by atoms with Crippen LogP contribution in [0.4, 0.5) is 5.69 Å². The number of aryl methyl sites for hydroxylation is 1. The lowest BCUT2D eigenvalue weighted by molar-refractivity contribution is -0.139. The van der Waals surface area contributed by atoms with E-state index in [0.29, 0.717) is 10.8 Å². The van der Waals surface area contributed by atoms with Crippen LogP contribution in [0.2, 0.25) is 5.02 Å². The van der Waals surface area contributed by atoms with Crippen molar-refractivity contribution in [1.29, 1.82) is 0 Å². The summed E-state index contributed by atoms with van der Waals surface area (Å²) in [5.41, 5.74) is 2.08. The van der Waals surface area contributed by atoms with E-state index in [9.17, 15) is 18.0 Å². The van der Waals surface area contributed by atoms with E-state index in [1.165, 1.54) is 49.5 Å². The molecule has 0 bridgehead atoms. The van der Waals surface area contributed by atoms with Crippen molar-refractivity contribution in [2.45, 2.75) is 69.5 Å². The minimum Gasteiger partial charge on any atom is -0.493 e. The van der Waals surface area contributed by atoms with Gasteiger partial charge in [-0.1, -0.05) is 60.7 Å². The third kappa shape index (κ3) is 8.04. The van der Waals surface area contributed by atoms with Gasteiger partial charge in [0.15, 0.2) is 11.5 Å². The number of benzene rings is 3. The molecule has 3 aromatic carbocycles. The van der Waals surface area contributed by atoms with Crippen LogP contribution in [0.3, 0.4) is 0 Å². The molecule has 1 N–H and O–H groups in total. The maximum Gasteiger partial charge on any atom is 0.264 e. The van der Waals surface area contributed by atoms with E-state index >= 15 is 0 Å².